The van der Waals surface area contributed by atoms with Gasteiger partial charge in [0.05, 0.1) is 16.5 Å². The predicted octanol–water partition coefficient (Wildman–Crippen LogP) is 4.27. The molecule has 4 aromatic heterocycles. The summed E-state index contributed by atoms with van der Waals surface area (Å²) < 4.78 is 5.88. The van der Waals surface area contributed by atoms with Crippen molar-refractivity contribution >= 4 is 28.6 Å². The number of H-pyrrole nitrogens is 1. The largest absolute Gasteiger partial charge is 0.420 e. The minimum Gasteiger partial charge on any atom is -0.420 e. The third kappa shape index (κ3) is 3.27. The van der Waals surface area contributed by atoms with E-state index in [1.54, 1.807) is 22.7 Å². The number of hydrogen-bond acceptors (Lipinski definition) is 7. The molecule has 0 bridgehead atoms. The molecule has 0 radical (unpaired) electrons. The molecule has 9 heteroatoms. The highest BCUT2D eigenvalue weighted by molar-refractivity contribution is 7.13. The number of carbonyl (C=O) groups is 1. The van der Waals surface area contributed by atoms with E-state index in [4.69, 9.17) is 4.42 Å². The van der Waals surface area contributed by atoms with E-state index in [9.17, 15) is 4.79 Å². The maximum atomic E-state index is 12.9. The quantitative estimate of drug-likeness (QED) is 0.542. The van der Waals surface area contributed by atoms with Crippen molar-refractivity contribution in [3.8, 4) is 22.0 Å². The van der Waals surface area contributed by atoms with Crippen LogP contribution in [0.25, 0.3) is 22.0 Å². The number of carbonyl (C=O) groups excluding carboxylic acids is 1. The minimum atomic E-state index is -0.0682. The van der Waals surface area contributed by atoms with Crippen LogP contribution in [0.5, 0.6) is 0 Å². The Labute approximate surface area is 169 Å². The van der Waals surface area contributed by atoms with Crippen molar-refractivity contribution in [2.24, 2.45) is 0 Å². The van der Waals surface area contributed by atoms with Gasteiger partial charge in [-0.1, -0.05) is 6.07 Å². The summed E-state index contributed by atoms with van der Waals surface area (Å²) in [6, 6.07) is 7.76. The number of piperidine rings is 1. The Morgan fingerprint density at radius 3 is 3.07 bits per heavy atom. The molecule has 7 nitrogen and oxygen atoms in total. The van der Waals surface area contributed by atoms with Crippen molar-refractivity contribution in [3.05, 3.63) is 52.0 Å². The molecule has 1 saturated heterocycles. The van der Waals surface area contributed by atoms with Gasteiger partial charge < -0.3 is 9.32 Å². The van der Waals surface area contributed by atoms with Gasteiger partial charge in [0.25, 0.3) is 5.91 Å². The summed E-state index contributed by atoms with van der Waals surface area (Å²) >= 11 is 3.20. The summed E-state index contributed by atoms with van der Waals surface area (Å²) in [7, 11) is 0. The average molecular weight is 412 g/mol. The Morgan fingerprint density at radius 1 is 1.29 bits per heavy atom. The Morgan fingerprint density at radius 2 is 2.25 bits per heavy atom. The summed E-state index contributed by atoms with van der Waals surface area (Å²) in [5.74, 6) is 1.11. The van der Waals surface area contributed by atoms with Gasteiger partial charge in [0.2, 0.25) is 11.8 Å². The van der Waals surface area contributed by atoms with Crippen LogP contribution in [0, 0.1) is 0 Å². The number of nitrogens with one attached hydrogen (secondary N) is 1. The molecule has 1 atom stereocenters. The van der Waals surface area contributed by atoms with Crippen molar-refractivity contribution in [3.63, 3.8) is 0 Å². The molecule has 142 valence electrons. The fourth-order valence-corrected chi connectivity index (χ4v) is 4.74. The third-order valence-corrected chi connectivity index (χ3v) is 6.44. The Hall–Kier alpha value is -2.78. The van der Waals surface area contributed by atoms with Crippen LogP contribution in [0.4, 0.5) is 0 Å². The monoisotopic (exact) mass is 411 g/mol. The van der Waals surface area contributed by atoms with Crippen LogP contribution in [-0.2, 0) is 0 Å². The molecule has 0 aliphatic carbocycles. The van der Waals surface area contributed by atoms with E-state index in [-0.39, 0.29) is 11.8 Å². The van der Waals surface area contributed by atoms with Crippen molar-refractivity contribution in [1.29, 1.82) is 0 Å². The maximum Gasteiger partial charge on any atom is 0.274 e. The number of aromatic nitrogens is 4. The number of hydrogen-bond donors (Lipinski definition) is 1. The van der Waals surface area contributed by atoms with Crippen LogP contribution >= 0.6 is 22.7 Å². The number of thiophene rings is 2. The Bertz CT molecular complexity index is 1070. The van der Waals surface area contributed by atoms with Gasteiger partial charge in [-0.05, 0) is 41.8 Å². The molecule has 0 saturated carbocycles. The molecule has 0 aromatic carbocycles. The van der Waals surface area contributed by atoms with Gasteiger partial charge in [0.1, 0.15) is 0 Å². The average Bonchev–Trinajstić information content (AvgIpc) is 3.52. The SMILES string of the molecule is O=C(c1cc(-c2cccs2)[nH]n1)N1CCCC(c2nnc(-c3ccsc3)o2)C1. The van der Waals surface area contributed by atoms with E-state index in [1.165, 1.54) is 0 Å². The van der Waals surface area contributed by atoms with E-state index in [1.807, 2.05) is 45.3 Å². The topological polar surface area (TPSA) is 87.9 Å². The predicted molar refractivity (Wildman–Crippen MR) is 107 cm³/mol. The molecule has 1 N–H and O–H groups in total. The first-order chi connectivity index (χ1) is 13.8. The van der Waals surface area contributed by atoms with Crippen LogP contribution in [0.1, 0.15) is 35.1 Å². The minimum absolute atomic E-state index is 0.0493. The number of likely N-dealkylation sites (tertiary alicyclic amines) is 1. The number of nitrogens with zero attached hydrogens (tertiary/aromatic N) is 4. The highest BCUT2D eigenvalue weighted by Crippen LogP contribution is 2.30. The normalized spacial score (nSPS) is 17.1. The lowest BCUT2D eigenvalue weighted by Crippen LogP contribution is -2.39. The molecule has 5 rings (SSSR count). The molecule has 1 amide bonds. The standard InChI is InChI=1S/C19H17N5O2S2/c25-19(15-9-14(20-21-15)16-4-2-7-28-16)24-6-1-3-12(10-24)17-22-23-18(26-17)13-5-8-27-11-13/h2,4-5,7-9,11-12H,1,3,6,10H2,(H,20,21). The van der Waals surface area contributed by atoms with Crippen LogP contribution < -0.4 is 0 Å². The zero-order valence-corrected chi connectivity index (χ0v) is 16.5. The van der Waals surface area contributed by atoms with Crippen LogP contribution in [-0.4, -0.2) is 44.3 Å². The molecular weight excluding hydrogens is 394 g/mol. The molecule has 4 aromatic rings. The van der Waals surface area contributed by atoms with Crippen molar-refractivity contribution in [2.75, 3.05) is 13.1 Å². The van der Waals surface area contributed by atoms with Gasteiger partial charge in [-0.25, -0.2) is 0 Å². The van der Waals surface area contributed by atoms with Gasteiger partial charge in [-0.15, -0.1) is 21.5 Å². The van der Waals surface area contributed by atoms with Crippen molar-refractivity contribution in [2.45, 2.75) is 18.8 Å². The lowest BCUT2D eigenvalue weighted by molar-refractivity contribution is 0.0692. The summed E-state index contributed by atoms with van der Waals surface area (Å²) in [4.78, 5) is 15.8. The van der Waals surface area contributed by atoms with E-state index in [0.29, 0.717) is 30.6 Å². The lowest BCUT2D eigenvalue weighted by Gasteiger charge is -2.30. The smallest absolute Gasteiger partial charge is 0.274 e. The highest BCUT2D eigenvalue weighted by Gasteiger charge is 2.30. The second-order valence-electron chi connectivity index (χ2n) is 6.69. The fourth-order valence-electron chi connectivity index (χ4n) is 3.42. The van der Waals surface area contributed by atoms with Gasteiger partial charge >= 0.3 is 0 Å². The number of rotatable bonds is 4. The molecule has 1 unspecified atom stereocenters. The van der Waals surface area contributed by atoms with E-state index >= 15 is 0 Å². The first-order valence-electron chi connectivity index (χ1n) is 9.02. The number of aromatic amines is 1. The highest BCUT2D eigenvalue weighted by atomic mass is 32.1. The van der Waals surface area contributed by atoms with E-state index in [2.05, 4.69) is 20.4 Å². The molecule has 1 aliphatic rings. The molecular formula is C19H17N5O2S2. The van der Waals surface area contributed by atoms with Crippen LogP contribution in [0.2, 0.25) is 0 Å². The van der Waals surface area contributed by atoms with Gasteiger partial charge in [-0.3, -0.25) is 9.89 Å². The third-order valence-electron chi connectivity index (χ3n) is 4.85. The summed E-state index contributed by atoms with van der Waals surface area (Å²) in [5.41, 5.74) is 2.24. The summed E-state index contributed by atoms with van der Waals surface area (Å²) in [6.45, 7) is 1.27. The summed E-state index contributed by atoms with van der Waals surface area (Å²) in [5, 5.41) is 21.5. The molecule has 5 heterocycles. The Kier molecular flexibility index (Phi) is 4.53. The van der Waals surface area contributed by atoms with Crippen molar-refractivity contribution < 1.29 is 9.21 Å². The molecule has 1 aliphatic heterocycles. The maximum absolute atomic E-state index is 12.9. The van der Waals surface area contributed by atoms with Crippen molar-refractivity contribution in [1.82, 2.24) is 25.3 Å². The van der Waals surface area contributed by atoms with Crippen LogP contribution in [0.15, 0.2) is 44.8 Å². The first-order valence-corrected chi connectivity index (χ1v) is 10.8. The summed E-state index contributed by atoms with van der Waals surface area (Å²) in [6.07, 6.45) is 1.82. The van der Waals surface area contributed by atoms with E-state index < -0.39 is 0 Å². The van der Waals surface area contributed by atoms with Crippen LogP contribution in [0.3, 0.4) is 0 Å². The lowest BCUT2D eigenvalue weighted by atomic mass is 9.98. The first kappa shape index (κ1) is 17.3. The fraction of sp³-hybridized carbons (Fsp3) is 0.263. The molecule has 28 heavy (non-hydrogen) atoms. The molecule has 1 fully saturated rings. The zero-order valence-electron chi connectivity index (χ0n) is 14.9. The van der Waals surface area contributed by atoms with Gasteiger partial charge in [0.15, 0.2) is 5.69 Å². The Balaban J connectivity index is 1.31. The number of amides is 1. The second-order valence-corrected chi connectivity index (χ2v) is 8.42. The van der Waals surface area contributed by atoms with E-state index in [0.717, 1.165) is 29.0 Å². The van der Waals surface area contributed by atoms with Gasteiger partial charge in [-0.2, -0.15) is 16.4 Å². The molecule has 0 spiro atoms. The second kappa shape index (κ2) is 7.33. The van der Waals surface area contributed by atoms with Gasteiger partial charge in [0, 0.05) is 24.0 Å². The zero-order chi connectivity index (χ0) is 18.9.